The standard InChI is InChI=1S/C11H14Cl3N3O/c1-2-3-5-16-10(18)17-9-7-8(4-6-15-9)11(12,13)14/h4,6-7H,2-3,5H2,1H3,(H2,15,16,17,18). The number of anilines is 1. The van der Waals surface area contributed by atoms with Crippen LogP contribution < -0.4 is 10.6 Å². The quantitative estimate of drug-likeness (QED) is 0.656. The Labute approximate surface area is 121 Å². The van der Waals surface area contributed by atoms with Gasteiger partial charge >= 0.3 is 6.03 Å². The van der Waals surface area contributed by atoms with Gasteiger partial charge in [-0.05, 0) is 18.6 Å². The van der Waals surface area contributed by atoms with Crippen molar-refractivity contribution in [3.05, 3.63) is 23.9 Å². The van der Waals surface area contributed by atoms with Gasteiger partial charge < -0.3 is 5.32 Å². The average Bonchev–Trinajstić information content (AvgIpc) is 2.28. The minimum Gasteiger partial charge on any atom is -0.338 e. The van der Waals surface area contributed by atoms with Crippen LogP contribution in [0.1, 0.15) is 25.3 Å². The zero-order chi connectivity index (χ0) is 13.6. The third-order valence-electron chi connectivity index (χ3n) is 2.14. The van der Waals surface area contributed by atoms with Gasteiger partial charge in [0.2, 0.25) is 3.79 Å². The molecular weight excluding hydrogens is 297 g/mol. The summed E-state index contributed by atoms with van der Waals surface area (Å²) in [7, 11) is 0. The molecule has 0 unspecified atom stereocenters. The number of alkyl halides is 3. The van der Waals surface area contributed by atoms with Crippen molar-refractivity contribution in [2.75, 3.05) is 11.9 Å². The zero-order valence-electron chi connectivity index (χ0n) is 9.84. The van der Waals surface area contributed by atoms with Crippen molar-refractivity contribution in [2.45, 2.75) is 23.6 Å². The number of carbonyl (C=O) groups is 1. The molecule has 0 aliphatic heterocycles. The molecule has 0 radical (unpaired) electrons. The summed E-state index contributed by atoms with van der Waals surface area (Å²) in [6, 6.07) is 2.77. The highest BCUT2D eigenvalue weighted by Crippen LogP contribution is 2.38. The lowest BCUT2D eigenvalue weighted by molar-refractivity contribution is 0.252. The number of pyridine rings is 1. The molecule has 0 aliphatic carbocycles. The Morgan fingerprint density at radius 3 is 2.78 bits per heavy atom. The van der Waals surface area contributed by atoms with Gasteiger partial charge in [0.1, 0.15) is 5.82 Å². The molecule has 0 fully saturated rings. The Morgan fingerprint density at radius 1 is 1.44 bits per heavy atom. The number of rotatable bonds is 4. The number of halogens is 3. The van der Waals surface area contributed by atoms with E-state index in [-0.39, 0.29) is 6.03 Å². The van der Waals surface area contributed by atoms with E-state index in [9.17, 15) is 4.79 Å². The van der Waals surface area contributed by atoms with Crippen molar-refractivity contribution in [2.24, 2.45) is 0 Å². The van der Waals surface area contributed by atoms with E-state index in [1.807, 2.05) is 6.92 Å². The first-order chi connectivity index (χ1) is 8.43. The van der Waals surface area contributed by atoms with Gasteiger partial charge in [0.15, 0.2) is 0 Å². The van der Waals surface area contributed by atoms with Crippen molar-refractivity contribution < 1.29 is 4.79 Å². The molecule has 4 nitrogen and oxygen atoms in total. The van der Waals surface area contributed by atoms with Gasteiger partial charge in [-0.1, -0.05) is 48.1 Å². The first-order valence-electron chi connectivity index (χ1n) is 5.51. The van der Waals surface area contributed by atoms with Crippen molar-refractivity contribution in [3.63, 3.8) is 0 Å². The number of unbranched alkanes of at least 4 members (excludes halogenated alkanes) is 1. The van der Waals surface area contributed by atoms with Gasteiger partial charge in [0.05, 0.1) is 0 Å². The predicted molar refractivity (Wildman–Crippen MR) is 75.4 cm³/mol. The van der Waals surface area contributed by atoms with E-state index in [1.54, 1.807) is 6.07 Å². The second-order valence-electron chi connectivity index (χ2n) is 3.66. The molecule has 0 aliphatic rings. The lowest BCUT2D eigenvalue weighted by Gasteiger charge is -2.12. The molecule has 2 amide bonds. The van der Waals surface area contributed by atoms with Crippen LogP contribution in [0.3, 0.4) is 0 Å². The summed E-state index contributed by atoms with van der Waals surface area (Å²) in [5.41, 5.74) is 0.450. The summed E-state index contributed by atoms with van der Waals surface area (Å²) in [6.07, 6.45) is 3.41. The highest BCUT2D eigenvalue weighted by Gasteiger charge is 2.23. The summed E-state index contributed by atoms with van der Waals surface area (Å²) in [5, 5.41) is 5.28. The molecule has 7 heteroatoms. The van der Waals surface area contributed by atoms with Gasteiger partial charge in [-0.3, -0.25) is 5.32 Å². The van der Waals surface area contributed by atoms with E-state index in [2.05, 4.69) is 15.6 Å². The fourth-order valence-corrected chi connectivity index (χ4v) is 1.57. The Hall–Kier alpha value is -0.710. The van der Waals surface area contributed by atoms with Crippen LogP contribution in [0.4, 0.5) is 10.6 Å². The summed E-state index contributed by atoms with van der Waals surface area (Å²) in [6.45, 7) is 2.66. The number of nitrogens with one attached hydrogen (secondary N) is 2. The minimum absolute atomic E-state index is 0.322. The minimum atomic E-state index is -1.53. The molecule has 0 spiro atoms. The van der Waals surface area contributed by atoms with E-state index in [4.69, 9.17) is 34.8 Å². The molecule has 1 rings (SSSR count). The van der Waals surface area contributed by atoms with Gasteiger partial charge in [-0.25, -0.2) is 9.78 Å². The number of hydrogen-bond donors (Lipinski definition) is 2. The normalized spacial score (nSPS) is 11.1. The lowest BCUT2D eigenvalue weighted by Crippen LogP contribution is -2.29. The fourth-order valence-electron chi connectivity index (χ4n) is 1.21. The Bertz CT molecular complexity index is 407. The van der Waals surface area contributed by atoms with Crippen LogP contribution in [0.25, 0.3) is 0 Å². The average molecular weight is 311 g/mol. The van der Waals surface area contributed by atoms with Gasteiger partial charge in [-0.15, -0.1) is 0 Å². The van der Waals surface area contributed by atoms with E-state index >= 15 is 0 Å². The van der Waals surface area contributed by atoms with Crippen molar-refractivity contribution in [3.8, 4) is 0 Å². The third kappa shape index (κ3) is 5.29. The second kappa shape index (κ2) is 7.02. The Balaban J connectivity index is 2.60. The van der Waals surface area contributed by atoms with Crippen LogP contribution in [-0.4, -0.2) is 17.6 Å². The first kappa shape index (κ1) is 15.3. The SMILES string of the molecule is CCCCNC(=O)Nc1cc(C(Cl)(Cl)Cl)ccn1. The lowest BCUT2D eigenvalue weighted by atomic mass is 10.3. The molecular formula is C11H14Cl3N3O. The molecule has 0 bridgehead atoms. The first-order valence-corrected chi connectivity index (χ1v) is 6.65. The van der Waals surface area contributed by atoms with E-state index in [1.165, 1.54) is 12.3 Å². The van der Waals surface area contributed by atoms with Crippen LogP contribution in [-0.2, 0) is 3.79 Å². The van der Waals surface area contributed by atoms with E-state index in [0.717, 1.165) is 12.8 Å². The van der Waals surface area contributed by atoms with Crippen LogP contribution >= 0.6 is 34.8 Å². The topological polar surface area (TPSA) is 54.0 Å². The highest BCUT2D eigenvalue weighted by molar-refractivity contribution is 6.66. The molecule has 0 aromatic carbocycles. The highest BCUT2D eigenvalue weighted by atomic mass is 35.6. The van der Waals surface area contributed by atoms with Crippen molar-refractivity contribution in [1.82, 2.24) is 10.3 Å². The molecule has 0 atom stereocenters. The fraction of sp³-hybridized carbons (Fsp3) is 0.455. The molecule has 1 heterocycles. The maximum absolute atomic E-state index is 11.5. The maximum atomic E-state index is 11.5. The largest absolute Gasteiger partial charge is 0.338 e. The maximum Gasteiger partial charge on any atom is 0.320 e. The number of urea groups is 1. The van der Waals surface area contributed by atoms with Crippen LogP contribution in [0.5, 0.6) is 0 Å². The molecule has 100 valence electrons. The Kier molecular flexibility index (Phi) is 5.99. The summed E-state index contributed by atoms with van der Waals surface area (Å²) in [5.74, 6) is 0.341. The molecule has 2 N–H and O–H groups in total. The second-order valence-corrected chi connectivity index (χ2v) is 5.94. The molecule has 0 saturated carbocycles. The van der Waals surface area contributed by atoms with Crippen LogP contribution in [0.2, 0.25) is 0 Å². The van der Waals surface area contributed by atoms with Crippen molar-refractivity contribution in [1.29, 1.82) is 0 Å². The number of nitrogens with zero attached hydrogens (tertiary/aromatic N) is 1. The van der Waals surface area contributed by atoms with Gasteiger partial charge in [0.25, 0.3) is 0 Å². The monoisotopic (exact) mass is 309 g/mol. The van der Waals surface area contributed by atoms with Crippen LogP contribution in [0, 0.1) is 0 Å². The third-order valence-corrected chi connectivity index (χ3v) is 2.80. The molecule has 18 heavy (non-hydrogen) atoms. The molecule has 0 saturated heterocycles. The van der Waals surface area contributed by atoms with Gasteiger partial charge in [-0.2, -0.15) is 0 Å². The number of amides is 2. The van der Waals surface area contributed by atoms with E-state index < -0.39 is 3.79 Å². The summed E-state index contributed by atoms with van der Waals surface area (Å²) >= 11 is 17.2. The summed E-state index contributed by atoms with van der Waals surface area (Å²) < 4.78 is -1.53. The number of carbonyl (C=O) groups excluding carboxylic acids is 1. The predicted octanol–water partition coefficient (Wildman–Crippen LogP) is 3.83. The smallest absolute Gasteiger partial charge is 0.320 e. The molecule has 1 aromatic heterocycles. The van der Waals surface area contributed by atoms with Crippen LogP contribution in [0.15, 0.2) is 18.3 Å². The van der Waals surface area contributed by atoms with Crippen molar-refractivity contribution >= 4 is 46.7 Å². The molecule has 1 aromatic rings. The van der Waals surface area contributed by atoms with Gasteiger partial charge in [0, 0.05) is 18.3 Å². The zero-order valence-corrected chi connectivity index (χ0v) is 12.1. The number of hydrogen-bond acceptors (Lipinski definition) is 2. The van der Waals surface area contributed by atoms with E-state index in [0.29, 0.717) is 17.9 Å². The Morgan fingerprint density at radius 2 is 2.17 bits per heavy atom. The number of aromatic nitrogens is 1. The summed E-state index contributed by atoms with van der Waals surface area (Å²) in [4.78, 5) is 15.5.